The van der Waals surface area contributed by atoms with E-state index >= 15 is 0 Å². The summed E-state index contributed by atoms with van der Waals surface area (Å²) in [6, 6.07) is 61.1. The van der Waals surface area contributed by atoms with Crippen LogP contribution in [0.5, 0.6) is 0 Å². The van der Waals surface area contributed by atoms with Crippen LogP contribution in [0.25, 0.3) is 0 Å². The van der Waals surface area contributed by atoms with E-state index in [1.807, 2.05) is 137 Å². The number of carbonyl (C=O) groups is 2. The summed E-state index contributed by atoms with van der Waals surface area (Å²) in [7, 11) is -3.10. The fourth-order valence-corrected chi connectivity index (χ4v) is 14.1. The lowest BCUT2D eigenvalue weighted by molar-refractivity contribution is -0.932. The number of hydrogen-bond acceptors (Lipinski definition) is 9. The molecular formula is C64H83N2O7PS2+2. The highest BCUT2D eigenvalue weighted by Gasteiger charge is 2.46. The minimum absolute atomic E-state index is 0.0328. The molecule has 0 aliphatic carbocycles. The van der Waals surface area contributed by atoms with Crippen molar-refractivity contribution < 1.29 is 41.6 Å². The fourth-order valence-electron chi connectivity index (χ4n) is 10.3. The van der Waals surface area contributed by atoms with E-state index in [2.05, 4.69) is 114 Å². The van der Waals surface area contributed by atoms with Crippen LogP contribution in [-0.2, 0) is 43.9 Å². The molecule has 0 saturated carbocycles. The van der Waals surface area contributed by atoms with Gasteiger partial charge in [-0.1, -0.05) is 182 Å². The molecule has 6 aromatic carbocycles. The second kappa shape index (κ2) is 27.8. The van der Waals surface area contributed by atoms with Crippen molar-refractivity contribution in [2.75, 3.05) is 65.7 Å². The van der Waals surface area contributed by atoms with Crippen LogP contribution >= 0.6 is 31.8 Å². The van der Waals surface area contributed by atoms with Crippen LogP contribution in [0.4, 0.5) is 0 Å². The molecule has 6 aromatic rings. The number of quaternary nitrogens is 2. The largest absolute Gasteiger partial charge is 0.360 e. The Bertz CT molecular complexity index is 2310. The van der Waals surface area contributed by atoms with Gasteiger partial charge in [-0.05, 0) is 126 Å². The third-order valence-corrected chi connectivity index (χ3v) is 19.7. The topological polar surface area (TPSA) is 88.1 Å². The van der Waals surface area contributed by atoms with Crippen molar-refractivity contribution in [3.63, 3.8) is 0 Å². The monoisotopic (exact) mass is 1090 g/mol. The molecule has 6 rings (SSSR count). The first-order valence-electron chi connectivity index (χ1n) is 27.1. The molecule has 0 bridgehead atoms. The lowest BCUT2D eigenvalue weighted by atomic mass is 9.79. The molecule has 0 saturated heterocycles. The van der Waals surface area contributed by atoms with Gasteiger partial charge >= 0.3 is 8.25 Å². The molecule has 2 atom stereocenters. The number of nitrogens with zero attached hydrogens (tertiary/aromatic N) is 2. The molecule has 0 spiro atoms. The molecule has 2 unspecified atom stereocenters. The van der Waals surface area contributed by atoms with Gasteiger partial charge in [0, 0.05) is 0 Å². The number of hydrogen-bond donors (Lipinski definition) is 0. The van der Waals surface area contributed by atoms with Crippen LogP contribution in [0.1, 0.15) is 103 Å². The first-order valence-corrected chi connectivity index (χ1v) is 30.1. The normalized spacial score (nSPS) is 14.0. The van der Waals surface area contributed by atoms with Gasteiger partial charge in [-0.15, -0.1) is 0 Å². The smallest absolute Gasteiger partial charge is 0.319 e. The maximum Gasteiger partial charge on any atom is 0.319 e. The van der Waals surface area contributed by atoms with Gasteiger partial charge in [-0.2, -0.15) is 0 Å². The fraction of sp³-hybridized carbons (Fsp3) is 0.406. The molecule has 9 nitrogen and oxygen atoms in total. The summed E-state index contributed by atoms with van der Waals surface area (Å²) >= 11 is 2.50. The molecule has 12 heteroatoms. The summed E-state index contributed by atoms with van der Waals surface area (Å²) in [6.45, 7) is 25.3. The summed E-state index contributed by atoms with van der Waals surface area (Å²) in [5.41, 5.74) is 1.89. The van der Waals surface area contributed by atoms with E-state index in [1.165, 1.54) is 23.5 Å². The zero-order chi connectivity index (χ0) is 54.9. The quantitative estimate of drug-likeness (QED) is 0.0189. The number of rotatable bonds is 30. The molecular weight excluding hydrogens is 1000 g/mol. The standard InChI is InChI=1S/C64H83N2O7PS2/c1-11-65(12-2,13-3)57(75-59(67)61(7,8)49-70-63(51-35-23-17-24-36-51,52-37-25-18-26-38-52)53-39-27-19-28-40-53)47-72-74(69)73-48-58(66(14-4,15-5)16-6)76-60(68)62(9,10)50-71-64(54-41-29-20-30-42-54,55-43-31-21-32-44-55)56-45-33-22-34-46-56/h17-46,57-58,74H,11-16,47-50H2,1-10H3/q+2. The first kappa shape index (κ1) is 60.6. The van der Waals surface area contributed by atoms with E-state index in [-0.39, 0.29) is 47.4 Å². The lowest BCUT2D eigenvalue weighted by Gasteiger charge is -2.43. The Labute approximate surface area is 464 Å². The molecule has 0 radical (unpaired) electrons. The summed E-state index contributed by atoms with van der Waals surface area (Å²) < 4.78 is 42.1. The molecule has 0 fully saturated rings. The Morgan fingerprint density at radius 2 is 0.618 bits per heavy atom. The Hall–Kier alpha value is -4.65. The molecule has 0 aliphatic rings. The molecule has 0 heterocycles. The number of thioether (sulfide) groups is 2. The summed E-state index contributed by atoms with van der Waals surface area (Å²) in [5.74, 6) is 0. The van der Waals surface area contributed by atoms with Crippen molar-refractivity contribution in [1.29, 1.82) is 0 Å². The first-order chi connectivity index (χ1) is 36.6. The number of benzene rings is 6. The predicted molar refractivity (Wildman–Crippen MR) is 315 cm³/mol. The molecule has 0 amide bonds. The van der Waals surface area contributed by atoms with E-state index < -0.39 is 30.3 Å². The molecule has 0 N–H and O–H groups in total. The van der Waals surface area contributed by atoms with Crippen molar-refractivity contribution in [1.82, 2.24) is 0 Å². The van der Waals surface area contributed by atoms with Crippen molar-refractivity contribution in [2.24, 2.45) is 10.8 Å². The Morgan fingerprint density at radius 3 is 0.816 bits per heavy atom. The van der Waals surface area contributed by atoms with Crippen molar-refractivity contribution in [3.8, 4) is 0 Å². The molecule has 76 heavy (non-hydrogen) atoms. The van der Waals surface area contributed by atoms with E-state index in [0.29, 0.717) is 8.97 Å². The van der Waals surface area contributed by atoms with E-state index in [4.69, 9.17) is 18.5 Å². The number of likely N-dealkylation sites (N-methyl/N-ethyl adjacent to an activating group) is 2. The van der Waals surface area contributed by atoms with Crippen LogP contribution in [-0.4, -0.2) is 95.6 Å². The van der Waals surface area contributed by atoms with Gasteiger partial charge in [0.2, 0.25) is 10.2 Å². The second-order valence-electron chi connectivity index (χ2n) is 20.8. The highest BCUT2D eigenvalue weighted by Crippen LogP contribution is 2.45. The third-order valence-electron chi connectivity index (χ3n) is 15.7. The van der Waals surface area contributed by atoms with Crippen LogP contribution in [0, 0.1) is 10.8 Å². The van der Waals surface area contributed by atoms with Gasteiger partial charge in [-0.25, -0.2) is 0 Å². The van der Waals surface area contributed by atoms with Crippen LogP contribution in [0.15, 0.2) is 182 Å². The third kappa shape index (κ3) is 13.8. The highest BCUT2D eigenvalue weighted by atomic mass is 32.2. The summed E-state index contributed by atoms with van der Waals surface area (Å²) in [6.07, 6.45) is 0. The second-order valence-corrected chi connectivity index (χ2v) is 24.2. The minimum Gasteiger partial charge on any atom is -0.360 e. The maximum absolute atomic E-state index is 14.8. The number of carbonyl (C=O) groups excluding carboxylic acids is 2. The minimum atomic E-state index is -3.10. The molecule has 406 valence electrons. The average molecular weight is 1090 g/mol. The van der Waals surface area contributed by atoms with Gasteiger partial charge in [0.05, 0.1) is 63.3 Å². The van der Waals surface area contributed by atoms with E-state index in [9.17, 15) is 14.2 Å². The Balaban J connectivity index is 1.19. The number of ether oxygens (including phenoxy) is 2. The average Bonchev–Trinajstić information content (AvgIpc) is 3.48. The van der Waals surface area contributed by atoms with Crippen LogP contribution in [0.2, 0.25) is 0 Å². The van der Waals surface area contributed by atoms with Crippen molar-refractivity contribution >= 4 is 42.0 Å². The molecule has 0 aliphatic heterocycles. The van der Waals surface area contributed by atoms with Gasteiger partial charge in [-0.3, -0.25) is 14.2 Å². The van der Waals surface area contributed by atoms with E-state index in [1.54, 1.807) is 0 Å². The van der Waals surface area contributed by atoms with Crippen molar-refractivity contribution in [3.05, 3.63) is 215 Å². The van der Waals surface area contributed by atoms with Crippen LogP contribution in [0.3, 0.4) is 0 Å². The van der Waals surface area contributed by atoms with Gasteiger partial charge < -0.3 is 27.5 Å². The summed E-state index contributed by atoms with van der Waals surface area (Å²) in [4.78, 5) is 29.7. The summed E-state index contributed by atoms with van der Waals surface area (Å²) in [5, 5.41) is -0.863. The van der Waals surface area contributed by atoms with E-state index in [0.717, 1.165) is 72.6 Å². The van der Waals surface area contributed by atoms with Crippen molar-refractivity contribution in [2.45, 2.75) is 91.2 Å². The Kier molecular flexibility index (Phi) is 22.1. The lowest BCUT2D eigenvalue weighted by Crippen LogP contribution is -2.56. The molecule has 0 aromatic heterocycles. The van der Waals surface area contributed by atoms with Gasteiger partial charge in [0.15, 0.2) is 10.7 Å². The van der Waals surface area contributed by atoms with Crippen LogP contribution < -0.4 is 0 Å². The predicted octanol–water partition coefficient (Wildman–Crippen LogP) is 14.4. The highest BCUT2D eigenvalue weighted by molar-refractivity contribution is 8.14. The zero-order valence-electron chi connectivity index (χ0n) is 46.6. The zero-order valence-corrected chi connectivity index (χ0v) is 49.2. The Morgan fingerprint density at radius 1 is 0.408 bits per heavy atom. The van der Waals surface area contributed by atoms with Gasteiger partial charge in [0.25, 0.3) is 0 Å². The SMILES string of the molecule is CC[N+](CC)(CC)C(CO[PH](=O)OCC(SC(=O)C(C)(C)COC(c1ccccc1)(c1ccccc1)c1ccccc1)[N+](CC)(CC)CC)SC(=O)C(C)(C)COC(c1ccccc1)(c1ccccc1)c1ccccc1. The maximum atomic E-state index is 14.8. The van der Waals surface area contributed by atoms with Gasteiger partial charge in [0.1, 0.15) is 24.4 Å².